The maximum absolute atomic E-state index is 12.2. The van der Waals surface area contributed by atoms with Crippen molar-refractivity contribution in [2.45, 2.75) is 11.1 Å². The van der Waals surface area contributed by atoms with Crippen LogP contribution in [0.3, 0.4) is 0 Å². The van der Waals surface area contributed by atoms with Gasteiger partial charge in [0.25, 0.3) is 0 Å². The van der Waals surface area contributed by atoms with Crippen LogP contribution < -0.4 is 10.1 Å². The molecule has 4 nitrogen and oxygen atoms in total. The first-order valence-electron chi connectivity index (χ1n) is 5.34. The number of ether oxygens (including phenoxy) is 1. The molecule has 1 rings (SSSR count). The Balaban J connectivity index is 3.10. The van der Waals surface area contributed by atoms with Gasteiger partial charge in [-0.3, -0.25) is 0 Å². The number of terminal acetylenes is 1. The van der Waals surface area contributed by atoms with Gasteiger partial charge in [-0.1, -0.05) is 5.92 Å². The van der Waals surface area contributed by atoms with E-state index in [-0.39, 0.29) is 22.9 Å². The van der Waals surface area contributed by atoms with E-state index in [1.807, 2.05) is 0 Å². The van der Waals surface area contributed by atoms with Crippen molar-refractivity contribution in [2.75, 3.05) is 24.7 Å². The zero-order valence-electron chi connectivity index (χ0n) is 10.5. The Kier molecular flexibility index (Phi) is 4.89. The number of rotatable bonds is 5. The molecule has 0 spiro atoms. The topological polar surface area (TPSA) is 55.4 Å². The Labute approximate surface area is 114 Å². The molecule has 1 aromatic rings. The average molecular weight is 307 g/mol. The fraction of sp³-hybridized carbons (Fsp3) is 0.333. The maximum Gasteiger partial charge on any atom is 0.422 e. The summed E-state index contributed by atoms with van der Waals surface area (Å²) in [5.41, 5.74) is 0.194. The quantitative estimate of drug-likeness (QED) is 0.846. The molecule has 0 saturated heterocycles. The summed E-state index contributed by atoms with van der Waals surface area (Å²) in [5.74, 6) is 2.03. The van der Waals surface area contributed by atoms with E-state index < -0.39 is 22.6 Å². The Morgan fingerprint density at radius 3 is 2.55 bits per heavy atom. The highest BCUT2D eigenvalue weighted by Crippen LogP contribution is 2.29. The lowest BCUT2D eigenvalue weighted by Gasteiger charge is -2.14. The highest BCUT2D eigenvalue weighted by Gasteiger charge is 2.29. The molecule has 0 unspecified atom stereocenters. The smallest absolute Gasteiger partial charge is 0.422 e. The Hall–Kier alpha value is -1.88. The average Bonchev–Trinajstić information content (AvgIpc) is 2.32. The van der Waals surface area contributed by atoms with Crippen molar-refractivity contribution >= 4 is 15.5 Å². The molecule has 0 amide bonds. The van der Waals surface area contributed by atoms with Crippen molar-refractivity contribution in [1.82, 2.24) is 0 Å². The predicted octanol–water partition coefficient (Wildman–Crippen LogP) is 2.08. The molecule has 0 fully saturated rings. The SMILES string of the molecule is C#CCNc1ccc(S(C)(=O)=O)cc1OCC(F)(F)F. The first kappa shape index (κ1) is 16.2. The van der Waals surface area contributed by atoms with Crippen LogP contribution in [-0.4, -0.2) is 34.0 Å². The van der Waals surface area contributed by atoms with Crippen LogP contribution in [0, 0.1) is 12.3 Å². The summed E-state index contributed by atoms with van der Waals surface area (Å²) in [4.78, 5) is -0.138. The minimum Gasteiger partial charge on any atom is -0.482 e. The standard InChI is InChI=1S/C12H12F3NO3S/c1-3-6-16-10-5-4-9(20(2,17)18)7-11(10)19-8-12(13,14)15/h1,4-5,7,16H,6,8H2,2H3. The lowest BCUT2D eigenvalue weighted by atomic mass is 10.3. The van der Waals surface area contributed by atoms with Gasteiger partial charge in [-0.2, -0.15) is 13.2 Å². The van der Waals surface area contributed by atoms with E-state index in [1.165, 1.54) is 12.1 Å². The maximum atomic E-state index is 12.2. The molecule has 1 N–H and O–H groups in total. The van der Waals surface area contributed by atoms with Crippen LogP contribution >= 0.6 is 0 Å². The van der Waals surface area contributed by atoms with Crippen molar-refractivity contribution < 1.29 is 26.3 Å². The van der Waals surface area contributed by atoms with Gasteiger partial charge in [0, 0.05) is 12.3 Å². The van der Waals surface area contributed by atoms with Gasteiger partial charge in [-0.15, -0.1) is 6.42 Å². The van der Waals surface area contributed by atoms with Crippen molar-refractivity contribution in [3.05, 3.63) is 18.2 Å². The zero-order valence-corrected chi connectivity index (χ0v) is 11.3. The van der Waals surface area contributed by atoms with Crippen LogP contribution in [0.1, 0.15) is 0 Å². The predicted molar refractivity (Wildman–Crippen MR) is 68.4 cm³/mol. The van der Waals surface area contributed by atoms with Crippen LogP contribution in [0.4, 0.5) is 18.9 Å². The summed E-state index contributed by atoms with van der Waals surface area (Å²) in [6, 6.07) is 3.59. The first-order valence-corrected chi connectivity index (χ1v) is 7.23. The molecular weight excluding hydrogens is 295 g/mol. The van der Waals surface area contributed by atoms with E-state index in [0.717, 1.165) is 12.3 Å². The largest absolute Gasteiger partial charge is 0.482 e. The molecule has 110 valence electrons. The van der Waals surface area contributed by atoms with E-state index in [1.54, 1.807) is 0 Å². The van der Waals surface area contributed by atoms with Crippen molar-refractivity contribution in [3.63, 3.8) is 0 Å². The van der Waals surface area contributed by atoms with Gasteiger partial charge >= 0.3 is 6.18 Å². The van der Waals surface area contributed by atoms with Gasteiger partial charge in [0.2, 0.25) is 0 Å². The molecule has 0 atom stereocenters. The van der Waals surface area contributed by atoms with E-state index >= 15 is 0 Å². The van der Waals surface area contributed by atoms with Crippen LogP contribution in [0.2, 0.25) is 0 Å². The number of anilines is 1. The third-order valence-corrected chi connectivity index (χ3v) is 3.26. The number of hydrogen-bond donors (Lipinski definition) is 1. The minimum absolute atomic E-state index is 0.0700. The summed E-state index contributed by atoms with van der Waals surface area (Å²) >= 11 is 0. The number of sulfone groups is 1. The van der Waals surface area contributed by atoms with Crippen molar-refractivity contribution in [1.29, 1.82) is 0 Å². The molecule has 0 heterocycles. The summed E-state index contributed by atoms with van der Waals surface area (Å²) in [6.07, 6.45) is 1.47. The van der Waals surface area contributed by atoms with Gasteiger partial charge in [0.05, 0.1) is 17.1 Å². The molecule has 0 aliphatic carbocycles. The number of nitrogens with one attached hydrogen (secondary N) is 1. The molecular formula is C12H12F3NO3S. The van der Waals surface area contributed by atoms with Crippen LogP contribution in [0.5, 0.6) is 5.75 Å². The lowest BCUT2D eigenvalue weighted by Crippen LogP contribution is -2.20. The van der Waals surface area contributed by atoms with E-state index in [9.17, 15) is 21.6 Å². The molecule has 8 heteroatoms. The normalized spacial score (nSPS) is 11.8. The zero-order chi connectivity index (χ0) is 15.4. The fourth-order valence-corrected chi connectivity index (χ4v) is 1.94. The molecule has 0 aliphatic rings. The van der Waals surface area contributed by atoms with Crippen LogP contribution in [0.25, 0.3) is 0 Å². The summed E-state index contributed by atoms with van der Waals surface area (Å²) in [6.45, 7) is -1.45. The molecule has 1 aromatic carbocycles. The lowest BCUT2D eigenvalue weighted by molar-refractivity contribution is -0.153. The third-order valence-electron chi connectivity index (χ3n) is 2.15. The highest BCUT2D eigenvalue weighted by molar-refractivity contribution is 7.90. The summed E-state index contributed by atoms with van der Waals surface area (Å²) in [7, 11) is -3.55. The Bertz CT molecular complexity index is 618. The second-order valence-electron chi connectivity index (χ2n) is 3.89. The first-order chi connectivity index (χ1) is 9.13. The van der Waals surface area contributed by atoms with E-state index in [2.05, 4.69) is 16.0 Å². The second-order valence-corrected chi connectivity index (χ2v) is 5.91. The monoisotopic (exact) mass is 307 g/mol. The third kappa shape index (κ3) is 5.01. The fourth-order valence-electron chi connectivity index (χ4n) is 1.30. The number of benzene rings is 1. The van der Waals surface area contributed by atoms with Crippen LogP contribution in [0.15, 0.2) is 23.1 Å². The summed E-state index contributed by atoms with van der Waals surface area (Å²) < 4.78 is 63.9. The molecule has 0 saturated carbocycles. The second kappa shape index (κ2) is 6.05. The van der Waals surface area contributed by atoms with E-state index in [4.69, 9.17) is 6.42 Å². The number of alkyl halides is 3. The van der Waals surface area contributed by atoms with Gasteiger partial charge < -0.3 is 10.1 Å². The van der Waals surface area contributed by atoms with E-state index in [0.29, 0.717) is 0 Å². The van der Waals surface area contributed by atoms with Gasteiger partial charge in [-0.25, -0.2) is 8.42 Å². The molecule has 0 aromatic heterocycles. The molecule has 0 radical (unpaired) electrons. The number of hydrogen-bond acceptors (Lipinski definition) is 4. The number of halogens is 3. The van der Waals surface area contributed by atoms with Crippen LogP contribution in [-0.2, 0) is 9.84 Å². The highest BCUT2D eigenvalue weighted by atomic mass is 32.2. The van der Waals surface area contributed by atoms with Crippen molar-refractivity contribution in [3.8, 4) is 18.1 Å². The molecule has 0 aliphatic heterocycles. The van der Waals surface area contributed by atoms with Crippen molar-refractivity contribution in [2.24, 2.45) is 0 Å². The van der Waals surface area contributed by atoms with Gasteiger partial charge in [0.1, 0.15) is 5.75 Å². The summed E-state index contributed by atoms with van der Waals surface area (Å²) in [5, 5.41) is 2.65. The Morgan fingerprint density at radius 1 is 1.40 bits per heavy atom. The van der Waals surface area contributed by atoms with Gasteiger partial charge in [0.15, 0.2) is 16.4 Å². The molecule has 20 heavy (non-hydrogen) atoms. The Morgan fingerprint density at radius 2 is 2.05 bits per heavy atom. The van der Waals surface area contributed by atoms with Gasteiger partial charge in [-0.05, 0) is 12.1 Å². The minimum atomic E-state index is -4.52. The molecule has 0 bridgehead atoms.